The lowest BCUT2D eigenvalue weighted by atomic mass is 10.1. The molecule has 2 amide bonds. The summed E-state index contributed by atoms with van der Waals surface area (Å²) in [5, 5.41) is 2.70. The van der Waals surface area contributed by atoms with E-state index in [2.05, 4.69) is 10.0 Å². The van der Waals surface area contributed by atoms with Crippen LogP contribution in [0.4, 0.5) is 5.69 Å². The van der Waals surface area contributed by atoms with Gasteiger partial charge in [0.1, 0.15) is 11.8 Å². The van der Waals surface area contributed by atoms with Gasteiger partial charge >= 0.3 is 0 Å². The van der Waals surface area contributed by atoms with Gasteiger partial charge in [-0.2, -0.15) is 4.72 Å². The Balaban J connectivity index is 1.85. The average Bonchev–Trinajstić information content (AvgIpc) is 2.81. The number of hydrogen-bond acceptors (Lipinski definition) is 5. The van der Waals surface area contributed by atoms with Crippen LogP contribution in [-0.2, 0) is 21.2 Å². The highest BCUT2D eigenvalue weighted by molar-refractivity contribution is 7.89. The van der Waals surface area contributed by atoms with Crippen molar-refractivity contribution in [2.45, 2.75) is 31.2 Å². The molecule has 0 saturated carbocycles. The van der Waals surface area contributed by atoms with Crippen molar-refractivity contribution in [2.75, 3.05) is 11.9 Å². The monoisotopic (exact) mass is 481 g/mol. The molecule has 0 heterocycles. The molecule has 0 unspecified atom stereocenters. The fourth-order valence-corrected chi connectivity index (χ4v) is 4.63. The van der Waals surface area contributed by atoms with Gasteiger partial charge in [0, 0.05) is 11.3 Å². The molecule has 34 heavy (non-hydrogen) atoms. The Kier molecular flexibility index (Phi) is 8.04. The number of rotatable bonds is 10. The van der Waals surface area contributed by atoms with E-state index in [0.29, 0.717) is 29.2 Å². The fraction of sp³-hybridized carbons (Fsp3) is 0.200. The third kappa shape index (κ3) is 6.43. The van der Waals surface area contributed by atoms with Gasteiger partial charge in [-0.05, 0) is 73.9 Å². The molecule has 178 valence electrons. The number of anilines is 1. The number of primary amides is 1. The van der Waals surface area contributed by atoms with E-state index in [1.165, 1.54) is 36.4 Å². The van der Waals surface area contributed by atoms with Crippen molar-refractivity contribution in [2.24, 2.45) is 5.73 Å². The Morgan fingerprint density at radius 3 is 2.26 bits per heavy atom. The molecule has 4 N–H and O–H groups in total. The third-order valence-electron chi connectivity index (χ3n) is 5.09. The molecule has 3 rings (SSSR count). The first-order chi connectivity index (χ1) is 16.2. The molecule has 0 aliphatic heterocycles. The topological polar surface area (TPSA) is 128 Å². The van der Waals surface area contributed by atoms with E-state index in [0.717, 1.165) is 5.56 Å². The van der Waals surface area contributed by atoms with Crippen LogP contribution in [0.2, 0.25) is 0 Å². The molecule has 3 aromatic rings. The summed E-state index contributed by atoms with van der Waals surface area (Å²) in [5.41, 5.74) is 7.41. The van der Waals surface area contributed by atoms with Crippen LogP contribution in [0.5, 0.6) is 5.75 Å². The second kappa shape index (κ2) is 11.0. The third-order valence-corrected chi connectivity index (χ3v) is 6.56. The van der Waals surface area contributed by atoms with Crippen molar-refractivity contribution >= 4 is 27.5 Å². The number of benzene rings is 3. The Bertz CT molecular complexity index is 1260. The summed E-state index contributed by atoms with van der Waals surface area (Å²) in [4.78, 5) is 24.4. The van der Waals surface area contributed by atoms with Crippen molar-refractivity contribution in [3.8, 4) is 5.75 Å². The molecule has 0 spiro atoms. The Morgan fingerprint density at radius 1 is 1.00 bits per heavy atom. The van der Waals surface area contributed by atoms with Crippen LogP contribution in [-0.4, -0.2) is 32.9 Å². The molecule has 8 nitrogen and oxygen atoms in total. The molecular weight excluding hydrogens is 454 g/mol. The van der Waals surface area contributed by atoms with E-state index in [1.807, 2.05) is 37.3 Å². The van der Waals surface area contributed by atoms with Crippen LogP contribution in [0.3, 0.4) is 0 Å². The minimum Gasteiger partial charge on any atom is -0.494 e. The molecular formula is C25H27N3O5S. The van der Waals surface area contributed by atoms with Crippen LogP contribution in [0.1, 0.15) is 28.4 Å². The summed E-state index contributed by atoms with van der Waals surface area (Å²) in [6.07, 6.45) is 0.140. The summed E-state index contributed by atoms with van der Waals surface area (Å²) in [6.45, 7) is 4.07. The first-order valence-corrected chi connectivity index (χ1v) is 12.2. The molecule has 0 saturated heterocycles. The summed E-state index contributed by atoms with van der Waals surface area (Å²) in [7, 11) is -4.02. The van der Waals surface area contributed by atoms with Gasteiger partial charge in [0.2, 0.25) is 21.8 Å². The van der Waals surface area contributed by atoms with E-state index in [9.17, 15) is 18.0 Å². The molecule has 9 heteroatoms. The van der Waals surface area contributed by atoms with Gasteiger partial charge in [0.25, 0.3) is 0 Å². The standard InChI is InChI=1S/C25H27N3O5S/c1-3-33-23-14-13-21(15-17(23)2)34(31,32)28-22(16-18-7-5-4-6-8-18)25(30)27-20-11-9-19(10-12-20)24(26)29/h4-15,22,28H,3,16H2,1-2H3,(H2,26,29)(H,27,30)/t22-/m0/s1. The lowest BCUT2D eigenvalue weighted by Crippen LogP contribution is -2.45. The summed E-state index contributed by atoms with van der Waals surface area (Å²) in [6, 6.07) is 18.6. The number of amides is 2. The maximum atomic E-state index is 13.1. The summed E-state index contributed by atoms with van der Waals surface area (Å²) in [5.74, 6) is -0.528. The van der Waals surface area contributed by atoms with Crippen LogP contribution >= 0.6 is 0 Å². The van der Waals surface area contributed by atoms with Crippen molar-refractivity contribution in [1.29, 1.82) is 0 Å². The number of ether oxygens (including phenoxy) is 1. The number of carbonyl (C=O) groups excluding carboxylic acids is 2. The highest BCUT2D eigenvalue weighted by Crippen LogP contribution is 2.22. The van der Waals surface area contributed by atoms with Gasteiger partial charge < -0.3 is 15.8 Å². The second-order valence-electron chi connectivity index (χ2n) is 7.65. The highest BCUT2D eigenvalue weighted by atomic mass is 32.2. The number of carbonyl (C=O) groups is 2. The zero-order chi connectivity index (χ0) is 24.7. The summed E-state index contributed by atoms with van der Waals surface area (Å²) < 4.78 is 34.3. The van der Waals surface area contributed by atoms with Crippen LogP contribution in [0.15, 0.2) is 77.7 Å². The first-order valence-electron chi connectivity index (χ1n) is 10.7. The fourth-order valence-electron chi connectivity index (χ4n) is 3.35. The van der Waals surface area contributed by atoms with Gasteiger partial charge in [-0.25, -0.2) is 8.42 Å². The molecule has 0 aliphatic rings. The number of aryl methyl sites for hydroxylation is 1. The minimum absolute atomic E-state index is 0.0325. The molecule has 3 aromatic carbocycles. The maximum Gasteiger partial charge on any atom is 0.248 e. The smallest absolute Gasteiger partial charge is 0.248 e. The van der Waals surface area contributed by atoms with E-state index < -0.39 is 27.9 Å². The first kappa shape index (κ1) is 24.9. The van der Waals surface area contributed by atoms with Crippen molar-refractivity contribution < 1.29 is 22.7 Å². The molecule has 0 fully saturated rings. The zero-order valence-electron chi connectivity index (χ0n) is 18.9. The highest BCUT2D eigenvalue weighted by Gasteiger charge is 2.27. The minimum atomic E-state index is -4.02. The Labute approximate surface area is 199 Å². The van der Waals surface area contributed by atoms with E-state index in [1.54, 1.807) is 13.0 Å². The quantitative estimate of drug-likeness (QED) is 0.410. The molecule has 0 radical (unpaired) electrons. The Hall–Kier alpha value is -3.69. The van der Waals surface area contributed by atoms with Crippen LogP contribution < -0.4 is 20.5 Å². The van der Waals surface area contributed by atoms with Gasteiger partial charge in [0.05, 0.1) is 11.5 Å². The van der Waals surface area contributed by atoms with Crippen LogP contribution in [0, 0.1) is 6.92 Å². The average molecular weight is 482 g/mol. The van der Waals surface area contributed by atoms with Crippen molar-refractivity contribution in [1.82, 2.24) is 4.72 Å². The lowest BCUT2D eigenvalue weighted by molar-refractivity contribution is -0.117. The number of sulfonamides is 1. The molecule has 1 atom stereocenters. The van der Waals surface area contributed by atoms with E-state index >= 15 is 0 Å². The molecule has 0 bridgehead atoms. The number of nitrogens with one attached hydrogen (secondary N) is 2. The second-order valence-corrected chi connectivity index (χ2v) is 9.37. The van der Waals surface area contributed by atoms with Crippen molar-refractivity contribution in [3.05, 3.63) is 89.5 Å². The zero-order valence-corrected chi connectivity index (χ0v) is 19.8. The molecule has 0 aliphatic carbocycles. The van der Waals surface area contributed by atoms with Gasteiger partial charge in [0.15, 0.2) is 0 Å². The number of nitrogens with two attached hydrogens (primary N) is 1. The number of hydrogen-bond donors (Lipinski definition) is 3. The maximum absolute atomic E-state index is 13.1. The SMILES string of the molecule is CCOc1ccc(S(=O)(=O)N[C@@H](Cc2ccccc2)C(=O)Nc2ccc(C(N)=O)cc2)cc1C. The lowest BCUT2D eigenvalue weighted by Gasteiger charge is -2.19. The van der Waals surface area contributed by atoms with Gasteiger partial charge in [-0.15, -0.1) is 0 Å². The van der Waals surface area contributed by atoms with Crippen LogP contribution in [0.25, 0.3) is 0 Å². The summed E-state index contributed by atoms with van der Waals surface area (Å²) >= 11 is 0. The molecule has 0 aromatic heterocycles. The Morgan fingerprint density at radius 2 is 1.68 bits per heavy atom. The van der Waals surface area contributed by atoms with Gasteiger partial charge in [-0.1, -0.05) is 30.3 Å². The normalized spacial score (nSPS) is 12.1. The van der Waals surface area contributed by atoms with E-state index in [4.69, 9.17) is 10.5 Å². The predicted molar refractivity (Wildman–Crippen MR) is 130 cm³/mol. The van der Waals surface area contributed by atoms with E-state index in [-0.39, 0.29) is 11.3 Å². The predicted octanol–water partition coefficient (Wildman–Crippen LogP) is 3.02. The largest absolute Gasteiger partial charge is 0.494 e. The van der Waals surface area contributed by atoms with Gasteiger partial charge in [-0.3, -0.25) is 9.59 Å². The van der Waals surface area contributed by atoms with Crippen molar-refractivity contribution in [3.63, 3.8) is 0 Å².